The Morgan fingerprint density at radius 3 is 2.90 bits per heavy atom. The highest BCUT2D eigenvalue weighted by molar-refractivity contribution is 5.67. The highest BCUT2D eigenvalue weighted by Crippen LogP contribution is 2.36. The third-order valence-electron chi connectivity index (χ3n) is 5.97. The van der Waals surface area contributed by atoms with Crippen LogP contribution in [0.2, 0.25) is 0 Å². The topological polar surface area (TPSA) is 41.2 Å². The number of rotatable bonds is 4. The van der Waals surface area contributed by atoms with E-state index in [1.807, 2.05) is 0 Å². The Morgan fingerprint density at radius 1 is 1.17 bits per heavy atom. The van der Waals surface area contributed by atoms with Gasteiger partial charge in [-0.05, 0) is 48.7 Å². The average molecular weight is 395 g/mol. The lowest BCUT2D eigenvalue weighted by molar-refractivity contribution is 0.198. The van der Waals surface area contributed by atoms with Crippen molar-refractivity contribution >= 4 is 0 Å². The highest BCUT2D eigenvalue weighted by Gasteiger charge is 2.27. The molecule has 1 unspecified atom stereocenters. The van der Waals surface area contributed by atoms with Crippen molar-refractivity contribution in [3.8, 4) is 16.9 Å². The minimum Gasteiger partial charge on any atom is -0.493 e. The van der Waals surface area contributed by atoms with Gasteiger partial charge in [0.05, 0.1) is 18.4 Å². The molecule has 29 heavy (non-hydrogen) atoms. The van der Waals surface area contributed by atoms with Crippen molar-refractivity contribution in [3.05, 3.63) is 71.1 Å². The second-order valence-electron chi connectivity index (χ2n) is 7.91. The van der Waals surface area contributed by atoms with Gasteiger partial charge in [-0.25, -0.2) is 8.78 Å². The molecule has 0 amide bonds. The Morgan fingerprint density at radius 2 is 2.03 bits per heavy atom. The van der Waals surface area contributed by atoms with Gasteiger partial charge in [0.15, 0.2) is 0 Å². The van der Waals surface area contributed by atoms with Crippen LogP contribution in [-0.2, 0) is 13.0 Å². The Balaban J connectivity index is 1.36. The fraction of sp³-hybridized carbons (Fsp3) is 0.348. The second-order valence-corrected chi connectivity index (χ2v) is 7.91. The summed E-state index contributed by atoms with van der Waals surface area (Å²) in [7, 11) is 0. The van der Waals surface area contributed by atoms with E-state index in [1.54, 1.807) is 0 Å². The minimum absolute atomic E-state index is 0.00648. The summed E-state index contributed by atoms with van der Waals surface area (Å²) in [5, 5.41) is 7.13. The van der Waals surface area contributed by atoms with Crippen LogP contribution in [0.25, 0.3) is 11.1 Å². The summed E-state index contributed by atoms with van der Waals surface area (Å²) in [4.78, 5) is 2.41. The number of benzene rings is 2. The summed E-state index contributed by atoms with van der Waals surface area (Å²) >= 11 is 0. The van der Waals surface area contributed by atoms with E-state index in [9.17, 15) is 8.78 Å². The van der Waals surface area contributed by atoms with Crippen molar-refractivity contribution < 1.29 is 13.5 Å². The molecular formula is C23H23F2N3O. The van der Waals surface area contributed by atoms with Crippen LogP contribution in [0.4, 0.5) is 8.78 Å². The Labute approximate surface area is 168 Å². The first-order chi connectivity index (χ1) is 14.2. The van der Waals surface area contributed by atoms with Crippen molar-refractivity contribution in [1.82, 2.24) is 15.1 Å². The lowest BCUT2D eigenvalue weighted by Gasteiger charge is -2.32. The predicted molar refractivity (Wildman–Crippen MR) is 107 cm³/mol. The first kappa shape index (κ1) is 18.3. The van der Waals surface area contributed by atoms with Crippen LogP contribution in [0, 0.1) is 11.6 Å². The predicted octanol–water partition coefficient (Wildman–Crippen LogP) is 4.67. The molecule has 0 saturated carbocycles. The number of aromatic amines is 1. The summed E-state index contributed by atoms with van der Waals surface area (Å²) in [6.07, 6.45) is 4.52. The molecule has 2 aliphatic heterocycles. The van der Waals surface area contributed by atoms with E-state index in [-0.39, 0.29) is 11.5 Å². The number of fused-ring (bicyclic) bond motifs is 1. The largest absolute Gasteiger partial charge is 0.493 e. The molecule has 0 spiro atoms. The normalized spacial score (nSPS) is 19.2. The van der Waals surface area contributed by atoms with Gasteiger partial charge in [-0.1, -0.05) is 18.2 Å². The molecule has 1 saturated heterocycles. The molecule has 1 fully saturated rings. The molecule has 1 atom stereocenters. The Kier molecular flexibility index (Phi) is 4.79. The summed E-state index contributed by atoms with van der Waals surface area (Å²) < 4.78 is 34.3. The van der Waals surface area contributed by atoms with Crippen molar-refractivity contribution in [2.45, 2.75) is 31.7 Å². The van der Waals surface area contributed by atoms with Crippen LogP contribution in [0.3, 0.4) is 0 Å². The maximum absolute atomic E-state index is 14.3. The number of nitrogens with one attached hydrogen (secondary N) is 1. The van der Waals surface area contributed by atoms with E-state index in [0.29, 0.717) is 5.56 Å². The SMILES string of the molecule is Fc1cccc(F)c1-c1cn[nH]c1C1CCCN(Cc2ccc3c(c2)CCO3)C1. The van der Waals surface area contributed by atoms with E-state index in [0.717, 1.165) is 56.9 Å². The zero-order valence-corrected chi connectivity index (χ0v) is 16.1. The molecule has 2 aliphatic rings. The number of halogens is 2. The van der Waals surface area contributed by atoms with Gasteiger partial charge in [-0.15, -0.1) is 0 Å². The van der Waals surface area contributed by atoms with E-state index in [4.69, 9.17) is 4.74 Å². The molecule has 3 aromatic rings. The van der Waals surface area contributed by atoms with Crippen LogP contribution >= 0.6 is 0 Å². The maximum atomic E-state index is 14.3. The molecule has 0 bridgehead atoms. The second kappa shape index (κ2) is 7.59. The minimum atomic E-state index is -0.555. The Bertz CT molecular complexity index is 1010. The molecule has 0 radical (unpaired) electrons. The third kappa shape index (κ3) is 3.53. The molecule has 4 nitrogen and oxygen atoms in total. The van der Waals surface area contributed by atoms with E-state index in [1.165, 1.54) is 35.5 Å². The molecule has 5 rings (SSSR count). The monoisotopic (exact) mass is 395 g/mol. The van der Waals surface area contributed by atoms with E-state index < -0.39 is 11.6 Å². The summed E-state index contributed by atoms with van der Waals surface area (Å²) in [6.45, 7) is 3.47. The molecule has 1 N–H and O–H groups in total. The quantitative estimate of drug-likeness (QED) is 0.698. The average Bonchev–Trinajstić information content (AvgIpc) is 3.37. The molecular weight excluding hydrogens is 372 g/mol. The first-order valence-electron chi connectivity index (χ1n) is 10.1. The van der Waals surface area contributed by atoms with Crippen LogP contribution in [-0.4, -0.2) is 34.8 Å². The van der Waals surface area contributed by atoms with Gasteiger partial charge in [0.25, 0.3) is 0 Å². The van der Waals surface area contributed by atoms with Gasteiger partial charge in [-0.2, -0.15) is 5.10 Å². The van der Waals surface area contributed by atoms with Gasteiger partial charge >= 0.3 is 0 Å². The van der Waals surface area contributed by atoms with Crippen molar-refractivity contribution in [3.63, 3.8) is 0 Å². The zero-order valence-electron chi connectivity index (χ0n) is 16.1. The molecule has 3 heterocycles. The third-order valence-corrected chi connectivity index (χ3v) is 5.97. The maximum Gasteiger partial charge on any atom is 0.134 e. The number of ether oxygens (including phenoxy) is 1. The number of H-pyrrole nitrogens is 1. The van der Waals surface area contributed by atoms with Gasteiger partial charge in [-0.3, -0.25) is 10.00 Å². The van der Waals surface area contributed by atoms with Crippen LogP contribution < -0.4 is 4.74 Å². The fourth-order valence-electron chi connectivity index (χ4n) is 4.59. The molecule has 0 aliphatic carbocycles. The Hall–Kier alpha value is -2.73. The number of hydrogen-bond acceptors (Lipinski definition) is 3. The number of likely N-dealkylation sites (tertiary alicyclic amines) is 1. The molecule has 1 aromatic heterocycles. The standard InChI is InChI=1S/C23H23F2N3O/c24-19-4-1-5-20(25)22(19)18-12-26-27-23(18)17-3-2-9-28(14-17)13-15-6-7-21-16(11-15)8-10-29-21/h1,4-7,11-12,17H,2-3,8-10,13-14H2,(H,26,27). The van der Waals surface area contributed by atoms with Gasteiger partial charge in [0.1, 0.15) is 17.4 Å². The highest BCUT2D eigenvalue weighted by atomic mass is 19.1. The first-order valence-corrected chi connectivity index (χ1v) is 10.1. The van der Waals surface area contributed by atoms with E-state index >= 15 is 0 Å². The smallest absolute Gasteiger partial charge is 0.134 e. The van der Waals surface area contributed by atoms with Crippen molar-refractivity contribution in [2.75, 3.05) is 19.7 Å². The van der Waals surface area contributed by atoms with E-state index in [2.05, 4.69) is 33.3 Å². The van der Waals surface area contributed by atoms with Gasteiger partial charge < -0.3 is 4.74 Å². The van der Waals surface area contributed by atoms with Crippen LogP contribution in [0.1, 0.15) is 35.6 Å². The summed E-state index contributed by atoms with van der Waals surface area (Å²) in [5.41, 5.74) is 3.91. The fourth-order valence-corrected chi connectivity index (χ4v) is 4.59. The van der Waals surface area contributed by atoms with Crippen LogP contribution in [0.5, 0.6) is 5.75 Å². The van der Waals surface area contributed by atoms with Crippen molar-refractivity contribution in [1.29, 1.82) is 0 Å². The van der Waals surface area contributed by atoms with Gasteiger partial charge in [0, 0.05) is 36.7 Å². The lowest BCUT2D eigenvalue weighted by Crippen LogP contribution is -2.34. The van der Waals surface area contributed by atoms with Gasteiger partial charge in [0.2, 0.25) is 0 Å². The van der Waals surface area contributed by atoms with Crippen molar-refractivity contribution in [2.24, 2.45) is 0 Å². The number of hydrogen-bond donors (Lipinski definition) is 1. The molecule has 150 valence electrons. The molecule has 2 aromatic carbocycles. The summed E-state index contributed by atoms with van der Waals surface area (Å²) in [5.74, 6) is 0.0543. The number of aromatic nitrogens is 2. The number of nitrogens with zero attached hydrogens (tertiary/aromatic N) is 2. The summed E-state index contributed by atoms with van der Waals surface area (Å²) in [6, 6.07) is 10.4. The van der Waals surface area contributed by atoms with Crippen LogP contribution in [0.15, 0.2) is 42.6 Å². The zero-order chi connectivity index (χ0) is 19.8. The number of piperidine rings is 1. The lowest BCUT2D eigenvalue weighted by atomic mass is 9.90. The molecule has 6 heteroatoms.